The van der Waals surface area contributed by atoms with Gasteiger partial charge in [-0.3, -0.25) is 4.68 Å². The van der Waals surface area contributed by atoms with E-state index >= 15 is 0 Å². The number of hydrogen-bond acceptors (Lipinski definition) is 3. The molecule has 0 aliphatic heterocycles. The Labute approximate surface area is 158 Å². The number of urea groups is 1. The summed E-state index contributed by atoms with van der Waals surface area (Å²) in [5.74, 6) is 0. The lowest BCUT2D eigenvalue weighted by atomic mass is 10.3. The summed E-state index contributed by atoms with van der Waals surface area (Å²) < 4.78 is 3.68. The van der Waals surface area contributed by atoms with Gasteiger partial charge in [0.15, 0.2) is 0 Å². The zero-order chi connectivity index (χ0) is 18.6. The Bertz CT molecular complexity index is 869. The highest BCUT2D eigenvalue weighted by Crippen LogP contribution is 2.28. The van der Waals surface area contributed by atoms with Crippen LogP contribution in [0.15, 0.2) is 61.2 Å². The highest BCUT2D eigenvalue weighted by Gasteiger charge is 2.33. The molecule has 1 aromatic carbocycles. The molecule has 2 aromatic heterocycles. The van der Waals surface area contributed by atoms with Crippen LogP contribution < -0.4 is 5.32 Å². The minimum Gasteiger partial charge on any atom is -0.334 e. The molecule has 1 atom stereocenters. The van der Waals surface area contributed by atoms with Gasteiger partial charge < -0.3 is 10.2 Å². The molecule has 1 fully saturated rings. The van der Waals surface area contributed by atoms with E-state index in [1.807, 2.05) is 76.2 Å². The number of carbonyl (C=O) groups excluding carboxylic acids is 1. The molecule has 1 aliphatic rings. The fourth-order valence-corrected chi connectivity index (χ4v) is 3.14. The first-order valence-corrected chi connectivity index (χ1v) is 9.32. The van der Waals surface area contributed by atoms with Crippen molar-refractivity contribution < 1.29 is 4.79 Å². The Morgan fingerprint density at radius 3 is 2.78 bits per heavy atom. The van der Waals surface area contributed by atoms with E-state index in [2.05, 4.69) is 15.5 Å². The summed E-state index contributed by atoms with van der Waals surface area (Å²) in [5.41, 5.74) is 2.04. The molecule has 2 heterocycles. The van der Waals surface area contributed by atoms with E-state index in [0.717, 1.165) is 24.1 Å². The van der Waals surface area contributed by atoms with Crippen molar-refractivity contribution in [1.29, 1.82) is 0 Å². The lowest BCUT2D eigenvalue weighted by Gasteiger charge is -2.24. The molecule has 140 valence electrons. The van der Waals surface area contributed by atoms with Crippen LogP contribution in [0.25, 0.3) is 5.69 Å². The average Bonchev–Trinajstić information content (AvgIpc) is 3.17. The standard InChI is InChI=1S/C20H24N6O/c1-16(13-24-11-5-10-21-24)23-20(27)25(18-8-9-18)14-17-12-22-26(15-17)19-6-3-2-4-7-19/h2-7,10-12,15-16,18H,8-9,13-14H2,1H3,(H,23,27)/t16-/m1/s1. The Morgan fingerprint density at radius 2 is 2.07 bits per heavy atom. The number of nitrogens with zero attached hydrogens (tertiary/aromatic N) is 5. The van der Waals surface area contributed by atoms with Crippen LogP contribution in [0.2, 0.25) is 0 Å². The molecule has 1 saturated carbocycles. The maximum absolute atomic E-state index is 12.8. The molecule has 0 bridgehead atoms. The molecular weight excluding hydrogens is 340 g/mol. The van der Waals surface area contributed by atoms with E-state index in [1.165, 1.54) is 0 Å². The topological polar surface area (TPSA) is 68.0 Å². The first-order valence-electron chi connectivity index (χ1n) is 9.32. The quantitative estimate of drug-likeness (QED) is 0.701. The largest absolute Gasteiger partial charge is 0.334 e. The molecule has 7 nitrogen and oxygen atoms in total. The maximum Gasteiger partial charge on any atom is 0.318 e. The van der Waals surface area contributed by atoms with Crippen molar-refractivity contribution in [1.82, 2.24) is 29.8 Å². The van der Waals surface area contributed by atoms with E-state index in [9.17, 15) is 4.79 Å². The van der Waals surface area contributed by atoms with Gasteiger partial charge in [-0.15, -0.1) is 0 Å². The van der Waals surface area contributed by atoms with Gasteiger partial charge in [0, 0.05) is 36.2 Å². The van der Waals surface area contributed by atoms with E-state index in [0.29, 0.717) is 19.1 Å². The van der Waals surface area contributed by atoms with E-state index in [4.69, 9.17) is 0 Å². The van der Waals surface area contributed by atoms with E-state index in [-0.39, 0.29) is 12.1 Å². The van der Waals surface area contributed by atoms with Crippen molar-refractivity contribution in [2.24, 2.45) is 0 Å². The highest BCUT2D eigenvalue weighted by atomic mass is 16.2. The third-order valence-electron chi connectivity index (χ3n) is 4.65. The molecule has 27 heavy (non-hydrogen) atoms. The molecule has 0 spiro atoms. The number of rotatable bonds is 7. The molecule has 1 N–H and O–H groups in total. The SMILES string of the molecule is C[C@H](Cn1cccn1)NC(=O)N(Cc1cnn(-c2ccccc2)c1)C1CC1. The Hall–Kier alpha value is -3.09. The van der Waals surface area contributed by atoms with Crippen molar-refractivity contribution >= 4 is 6.03 Å². The second-order valence-electron chi connectivity index (χ2n) is 7.07. The van der Waals surface area contributed by atoms with Gasteiger partial charge in [0.1, 0.15) is 0 Å². The van der Waals surface area contributed by atoms with Crippen LogP contribution in [0.3, 0.4) is 0 Å². The molecule has 7 heteroatoms. The summed E-state index contributed by atoms with van der Waals surface area (Å²) in [5, 5.41) is 11.7. The van der Waals surface area contributed by atoms with Crippen molar-refractivity contribution in [2.75, 3.05) is 0 Å². The minimum atomic E-state index is -0.0235. The number of amides is 2. The van der Waals surface area contributed by atoms with Gasteiger partial charge in [0.2, 0.25) is 0 Å². The van der Waals surface area contributed by atoms with Gasteiger partial charge in [-0.05, 0) is 38.0 Å². The van der Waals surface area contributed by atoms with Crippen LogP contribution in [0.4, 0.5) is 4.79 Å². The van der Waals surface area contributed by atoms with Gasteiger partial charge >= 0.3 is 6.03 Å². The van der Waals surface area contributed by atoms with Crippen LogP contribution in [-0.4, -0.2) is 42.6 Å². The molecule has 0 radical (unpaired) electrons. The van der Waals surface area contributed by atoms with Gasteiger partial charge in [-0.1, -0.05) is 18.2 Å². The monoisotopic (exact) mass is 364 g/mol. The second kappa shape index (κ2) is 7.65. The van der Waals surface area contributed by atoms with Gasteiger partial charge in [-0.25, -0.2) is 9.48 Å². The molecule has 0 unspecified atom stereocenters. The van der Waals surface area contributed by atoms with E-state index in [1.54, 1.807) is 6.20 Å². The van der Waals surface area contributed by atoms with Crippen LogP contribution >= 0.6 is 0 Å². The lowest BCUT2D eigenvalue weighted by Crippen LogP contribution is -2.45. The Balaban J connectivity index is 1.39. The second-order valence-corrected chi connectivity index (χ2v) is 7.07. The summed E-state index contributed by atoms with van der Waals surface area (Å²) in [6.45, 7) is 3.22. The van der Waals surface area contributed by atoms with Gasteiger partial charge in [-0.2, -0.15) is 10.2 Å². The number of benzene rings is 1. The smallest absolute Gasteiger partial charge is 0.318 e. The van der Waals surface area contributed by atoms with Crippen LogP contribution in [0.5, 0.6) is 0 Å². The summed E-state index contributed by atoms with van der Waals surface area (Å²) in [4.78, 5) is 14.7. The Morgan fingerprint density at radius 1 is 1.26 bits per heavy atom. The number of para-hydroxylation sites is 1. The summed E-state index contributed by atoms with van der Waals surface area (Å²) in [7, 11) is 0. The van der Waals surface area contributed by atoms with Gasteiger partial charge in [0.05, 0.1) is 25.0 Å². The lowest BCUT2D eigenvalue weighted by molar-refractivity contribution is 0.187. The third kappa shape index (κ3) is 4.36. The minimum absolute atomic E-state index is 0.00527. The Kier molecular flexibility index (Phi) is 4.91. The first-order chi connectivity index (χ1) is 13.2. The molecule has 0 saturated heterocycles. The summed E-state index contributed by atoms with van der Waals surface area (Å²) in [6.07, 6.45) is 9.60. The number of nitrogens with one attached hydrogen (secondary N) is 1. The molecule has 1 aliphatic carbocycles. The van der Waals surface area contributed by atoms with Crippen LogP contribution in [0, 0.1) is 0 Å². The van der Waals surface area contributed by atoms with Gasteiger partial charge in [0.25, 0.3) is 0 Å². The number of carbonyl (C=O) groups is 1. The molecule has 2 amide bonds. The van der Waals surface area contributed by atoms with Crippen LogP contribution in [-0.2, 0) is 13.1 Å². The maximum atomic E-state index is 12.8. The van der Waals surface area contributed by atoms with Crippen molar-refractivity contribution in [3.63, 3.8) is 0 Å². The fourth-order valence-electron chi connectivity index (χ4n) is 3.14. The van der Waals surface area contributed by atoms with Crippen LogP contribution in [0.1, 0.15) is 25.3 Å². The van der Waals surface area contributed by atoms with Crippen molar-refractivity contribution in [2.45, 2.75) is 44.9 Å². The fraction of sp³-hybridized carbons (Fsp3) is 0.350. The summed E-state index contributed by atoms with van der Waals surface area (Å²) in [6, 6.07) is 12.2. The van der Waals surface area contributed by atoms with Crippen molar-refractivity contribution in [3.05, 3.63) is 66.7 Å². The molecule has 4 rings (SSSR count). The highest BCUT2D eigenvalue weighted by molar-refractivity contribution is 5.75. The molecular formula is C20H24N6O. The zero-order valence-electron chi connectivity index (χ0n) is 15.4. The number of hydrogen-bond donors (Lipinski definition) is 1. The third-order valence-corrected chi connectivity index (χ3v) is 4.65. The summed E-state index contributed by atoms with van der Waals surface area (Å²) >= 11 is 0. The van der Waals surface area contributed by atoms with E-state index < -0.39 is 0 Å². The number of aromatic nitrogens is 4. The average molecular weight is 364 g/mol. The van der Waals surface area contributed by atoms with Crippen molar-refractivity contribution in [3.8, 4) is 5.69 Å². The predicted octanol–water partition coefficient (Wildman–Crippen LogP) is 2.83. The molecule has 3 aromatic rings. The zero-order valence-corrected chi connectivity index (χ0v) is 15.4. The predicted molar refractivity (Wildman–Crippen MR) is 102 cm³/mol. The normalized spacial score (nSPS) is 14.7. The first kappa shape index (κ1) is 17.3.